The molecule has 130 valence electrons. The van der Waals surface area contributed by atoms with Gasteiger partial charge in [-0.1, -0.05) is 27.4 Å². The normalized spacial score (nSPS) is 14.4. The van der Waals surface area contributed by atoms with Crippen molar-refractivity contribution in [2.75, 3.05) is 0 Å². The third-order valence-electron chi connectivity index (χ3n) is 4.12. The Morgan fingerprint density at radius 1 is 1.26 bits per heavy atom. The molecule has 1 rings (SSSR count). The smallest absolute Gasteiger partial charge is 0.250 e. The van der Waals surface area contributed by atoms with Gasteiger partial charge in [0.05, 0.1) is 6.26 Å². The molecule has 0 unspecified atom stereocenters. The van der Waals surface area contributed by atoms with E-state index in [0.29, 0.717) is 11.3 Å². The highest BCUT2D eigenvalue weighted by Crippen LogP contribution is 2.41. The van der Waals surface area contributed by atoms with Crippen LogP contribution in [-0.2, 0) is 9.22 Å². The fourth-order valence-corrected chi connectivity index (χ4v) is 2.95. The molecule has 0 saturated heterocycles. The molecule has 0 spiro atoms. The van der Waals surface area contributed by atoms with Crippen LogP contribution in [0, 0.1) is 0 Å². The van der Waals surface area contributed by atoms with Crippen LogP contribution in [0.5, 0.6) is 0 Å². The molecule has 0 aliphatic rings. The molecule has 1 atom stereocenters. The zero-order chi connectivity index (χ0) is 18.1. The summed E-state index contributed by atoms with van der Waals surface area (Å²) < 4.78 is 11.9. The Bertz CT molecular complexity index is 548. The quantitative estimate of drug-likeness (QED) is 0.619. The van der Waals surface area contributed by atoms with E-state index in [-0.39, 0.29) is 16.5 Å². The number of carbonyl (C=O) groups excluding carboxylic acids is 1. The van der Waals surface area contributed by atoms with E-state index in [0.717, 1.165) is 0 Å². The molecule has 1 amide bonds. The first-order valence-corrected chi connectivity index (χ1v) is 10.9. The van der Waals surface area contributed by atoms with Crippen LogP contribution in [0.2, 0.25) is 18.1 Å². The first kappa shape index (κ1) is 19.7. The summed E-state index contributed by atoms with van der Waals surface area (Å²) in [7, 11) is -2.09. The maximum atomic E-state index is 12.5. The Kier molecular flexibility index (Phi) is 5.70. The van der Waals surface area contributed by atoms with Gasteiger partial charge in [-0.25, -0.2) is 0 Å². The zero-order valence-corrected chi connectivity index (χ0v) is 16.7. The molecule has 1 aromatic heterocycles. The summed E-state index contributed by atoms with van der Waals surface area (Å²) in [5.41, 5.74) is 0.0461. The highest BCUT2D eigenvalue weighted by atomic mass is 28.4. The van der Waals surface area contributed by atoms with E-state index in [9.17, 15) is 4.79 Å². The van der Waals surface area contributed by atoms with E-state index in [4.69, 9.17) is 8.84 Å². The van der Waals surface area contributed by atoms with Crippen molar-refractivity contribution in [1.82, 2.24) is 5.32 Å². The SMILES string of the molecule is C=C(C(=O)NC(C)(C)C)[C@@H](O[Si](C)(C)C(C)(C)C)c1ccco1. The van der Waals surface area contributed by atoms with E-state index >= 15 is 0 Å². The summed E-state index contributed by atoms with van der Waals surface area (Å²) in [5, 5.41) is 2.97. The van der Waals surface area contributed by atoms with Gasteiger partial charge in [0.25, 0.3) is 0 Å². The van der Waals surface area contributed by atoms with E-state index in [1.54, 1.807) is 12.3 Å². The van der Waals surface area contributed by atoms with Crippen LogP contribution < -0.4 is 5.32 Å². The Morgan fingerprint density at radius 2 is 1.83 bits per heavy atom. The summed E-state index contributed by atoms with van der Waals surface area (Å²) in [6, 6.07) is 3.62. The molecule has 4 nitrogen and oxygen atoms in total. The van der Waals surface area contributed by atoms with Crippen LogP contribution in [0.4, 0.5) is 0 Å². The summed E-state index contributed by atoms with van der Waals surface area (Å²) in [6.07, 6.45) is 1.03. The minimum atomic E-state index is -2.09. The second-order valence-corrected chi connectivity index (χ2v) is 13.3. The number of hydrogen-bond acceptors (Lipinski definition) is 3. The van der Waals surface area contributed by atoms with Crippen molar-refractivity contribution in [3.05, 3.63) is 36.3 Å². The first-order chi connectivity index (χ1) is 10.2. The van der Waals surface area contributed by atoms with Crippen molar-refractivity contribution < 1.29 is 13.6 Å². The second kappa shape index (κ2) is 6.65. The molecular weight excluding hydrogens is 306 g/mol. The Labute approximate surface area is 141 Å². The molecule has 0 saturated carbocycles. The van der Waals surface area contributed by atoms with Gasteiger partial charge < -0.3 is 14.2 Å². The van der Waals surface area contributed by atoms with E-state index < -0.39 is 14.4 Å². The predicted molar refractivity (Wildman–Crippen MR) is 96.8 cm³/mol. The number of furan rings is 1. The third kappa shape index (κ3) is 5.36. The van der Waals surface area contributed by atoms with E-state index in [1.807, 2.05) is 26.8 Å². The summed E-state index contributed by atoms with van der Waals surface area (Å²) in [6.45, 7) is 20.6. The standard InChI is InChI=1S/C18H31NO3Si/c1-13(16(20)19-17(2,3)4)15(14-11-10-12-21-14)22-23(8,9)18(5,6)7/h10-12,15H,1H2,2-9H3,(H,19,20)/t15-/m1/s1. The van der Waals surface area contributed by atoms with Crippen LogP contribution >= 0.6 is 0 Å². The maximum absolute atomic E-state index is 12.5. The number of carbonyl (C=O) groups is 1. The summed E-state index contributed by atoms with van der Waals surface area (Å²) in [5.74, 6) is 0.404. The van der Waals surface area contributed by atoms with Gasteiger partial charge in [0.2, 0.25) is 5.91 Å². The van der Waals surface area contributed by atoms with Gasteiger partial charge in [0.1, 0.15) is 11.9 Å². The van der Waals surface area contributed by atoms with Gasteiger partial charge in [-0.15, -0.1) is 0 Å². The lowest BCUT2D eigenvalue weighted by molar-refractivity contribution is -0.119. The van der Waals surface area contributed by atoms with Crippen molar-refractivity contribution in [2.24, 2.45) is 0 Å². The van der Waals surface area contributed by atoms with E-state index in [1.165, 1.54) is 0 Å². The fraction of sp³-hybridized carbons (Fsp3) is 0.611. The number of nitrogens with one attached hydrogen (secondary N) is 1. The van der Waals surface area contributed by atoms with Gasteiger partial charge in [0.15, 0.2) is 8.32 Å². The zero-order valence-electron chi connectivity index (χ0n) is 15.7. The van der Waals surface area contributed by atoms with E-state index in [2.05, 4.69) is 45.8 Å². The fourth-order valence-electron chi connectivity index (χ4n) is 1.75. The molecule has 0 bridgehead atoms. The average molecular weight is 338 g/mol. The molecular formula is C18H31NO3Si. The number of amides is 1. The van der Waals surface area contributed by atoms with Crippen LogP contribution in [0.15, 0.2) is 35.0 Å². The van der Waals surface area contributed by atoms with Crippen molar-refractivity contribution in [2.45, 2.75) is 71.3 Å². The molecule has 0 fully saturated rings. The van der Waals surface area contributed by atoms with Crippen molar-refractivity contribution in [1.29, 1.82) is 0 Å². The van der Waals surface area contributed by atoms with Gasteiger partial charge in [0, 0.05) is 11.1 Å². The third-order valence-corrected chi connectivity index (χ3v) is 8.55. The molecule has 1 aromatic rings. The van der Waals surface area contributed by atoms with Crippen LogP contribution in [0.25, 0.3) is 0 Å². The largest absolute Gasteiger partial charge is 0.466 e. The molecule has 1 N–H and O–H groups in total. The molecule has 0 aliphatic heterocycles. The number of hydrogen-bond donors (Lipinski definition) is 1. The molecule has 23 heavy (non-hydrogen) atoms. The van der Waals surface area contributed by atoms with Crippen molar-refractivity contribution in [3.63, 3.8) is 0 Å². The van der Waals surface area contributed by atoms with Crippen LogP contribution in [0.1, 0.15) is 53.4 Å². The molecule has 1 heterocycles. The van der Waals surface area contributed by atoms with Gasteiger partial charge >= 0.3 is 0 Å². The van der Waals surface area contributed by atoms with Crippen LogP contribution in [-0.4, -0.2) is 19.8 Å². The molecule has 0 radical (unpaired) electrons. The molecule has 0 aromatic carbocycles. The lowest BCUT2D eigenvalue weighted by Crippen LogP contribution is -2.45. The van der Waals surface area contributed by atoms with Crippen LogP contribution in [0.3, 0.4) is 0 Å². The minimum absolute atomic E-state index is 0.0264. The Hall–Kier alpha value is -1.33. The topological polar surface area (TPSA) is 51.5 Å². The first-order valence-electron chi connectivity index (χ1n) is 7.97. The summed E-state index contributed by atoms with van der Waals surface area (Å²) in [4.78, 5) is 12.5. The van der Waals surface area contributed by atoms with Gasteiger partial charge in [-0.05, 0) is 51.0 Å². The number of rotatable bonds is 5. The average Bonchev–Trinajstić information content (AvgIpc) is 2.85. The Morgan fingerprint density at radius 3 is 2.22 bits per heavy atom. The highest BCUT2D eigenvalue weighted by molar-refractivity contribution is 6.74. The van der Waals surface area contributed by atoms with Gasteiger partial charge in [-0.2, -0.15) is 0 Å². The lowest BCUT2D eigenvalue weighted by atomic mass is 10.1. The summed E-state index contributed by atoms with van der Waals surface area (Å²) >= 11 is 0. The lowest BCUT2D eigenvalue weighted by Gasteiger charge is -2.39. The second-order valence-electron chi connectivity index (χ2n) is 8.50. The van der Waals surface area contributed by atoms with Crippen molar-refractivity contribution in [3.8, 4) is 0 Å². The minimum Gasteiger partial charge on any atom is -0.466 e. The maximum Gasteiger partial charge on any atom is 0.250 e. The highest BCUT2D eigenvalue weighted by Gasteiger charge is 2.41. The monoisotopic (exact) mass is 337 g/mol. The van der Waals surface area contributed by atoms with Crippen molar-refractivity contribution >= 4 is 14.2 Å². The molecule has 0 aliphatic carbocycles. The Balaban J connectivity index is 3.08. The predicted octanol–water partition coefficient (Wildman–Crippen LogP) is 4.81. The molecule has 5 heteroatoms. The van der Waals surface area contributed by atoms with Gasteiger partial charge in [-0.3, -0.25) is 4.79 Å².